The Labute approximate surface area is 110 Å². The number of aryl methyl sites for hydroxylation is 1. The zero-order valence-corrected chi connectivity index (χ0v) is 11.4. The summed E-state index contributed by atoms with van der Waals surface area (Å²) in [6.45, 7) is 0.826. The largest absolute Gasteiger partial charge is 0.492 e. The molecule has 0 amide bonds. The van der Waals surface area contributed by atoms with E-state index < -0.39 is 0 Å². The Bertz CT molecular complexity index is 386. The van der Waals surface area contributed by atoms with Crippen LogP contribution in [0.5, 0.6) is 5.75 Å². The van der Waals surface area contributed by atoms with E-state index in [2.05, 4.69) is 15.9 Å². The van der Waals surface area contributed by atoms with Gasteiger partial charge in [0.25, 0.3) is 0 Å². The summed E-state index contributed by atoms with van der Waals surface area (Å²) < 4.78 is 6.77. The van der Waals surface area contributed by atoms with Crippen molar-refractivity contribution in [2.75, 3.05) is 6.61 Å². The Morgan fingerprint density at radius 2 is 2.24 bits per heavy atom. The van der Waals surface area contributed by atoms with E-state index in [9.17, 15) is 4.79 Å². The minimum absolute atomic E-state index is 0.578. The predicted molar refractivity (Wildman–Crippen MR) is 71.4 cm³/mol. The van der Waals surface area contributed by atoms with Crippen LogP contribution >= 0.6 is 15.9 Å². The second kappa shape index (κ2) is 6.20. The maximum atomic E-state index is 10.3. The number of benzene rings is 1. The third kappa shape index (κ3) is 3.56. The molecule has 17 heavy (non-hydrogen) atoms. The number of aldehydes is 1. The SMILES string of the molecule is O=CCCc1ccc(OCC2CCC2)c(Br)c1. The molecule has 1 fully saturated rings. The fourth-order valence-corrected chi connectivity index (χ4v) is 2.45. The van der Waals surface area contributed by atoms with Crippen molar-refractivity contribution in [2.24, 2.45) is 5.92 Å². The molecule has 0 saturated heterocycles. The van der Waals surface area contributed by atoms with Gasteiger partial charge >= 0.3 is 0 Å². The molecule has 0 unspecified atom stereocenters. The molecule has 0 aliphatic heterocycles. The number of rotatable bonds is 6. The van der Waals surface area contributed by atoms with Crippen LogP contribution in [-0.4, -0.2) is 12.9 Å². The molecule has 0 spiro atoms. The monoisotopic (exact) mass is 296 g/mol. The molecule has 92 valence electrons. The predicted octanol–water partition coefficient (Wildman–Crippen LogP) is 3.76. The smallest absolute Gasteiger partial charge is 0.133 e. The van der Waals surface area contributed by atoms with Crippen molar-refractivity contribution >= 4 is 22.2 Å². The lowest BCUT2D eigenvalue weighted by molar-refractivity contribution is -0.107. The topological polar surface area (TPSA) is 26.3 Å². The molecule has 3 heteroatoms. The van der Waals surface area contributed by atoms with Gasteiger partial charge in [0.15, 0.2) is 0 Å². The van der Waals surface area contributed by atoms with Crippen LogP contribution in [0.3, 0.4) is 0 Å². The van der Waals surface area contributed by atoms with Crippen molar-refractivity contribution in [3.8, 4) is 5.75 Å². The van der Waals surface area contributed by atoms with E-state index in [-0.39, 0.29) is 0 Å². The molecule has 2 nitrogen and oxygen atoms in total. The summed E-state index contributed by atoms with van der Waals surface area (Å²) in [5.74, 6) is 1.66. The van der Waals surface area contributed by atoms with Gasteiger partial charge in [0, 0.05) is 6.42 Å². The molecule has 0 aromatic heterocycles. The van der Waals surface area contributed by atoms with E-state index >= 15 is 0 Å². The van der Waals surface area contributed by atoms with Crippen LogP contribution < -0.4 is 4.74 Å². The number of ether oxygens (including phenoxy) is 1. The summed E-state index contributed by atoms with van der Waals surface area (Å²) in [5.41, 5.74) is 1.17. The summed E-state index contributed by atoms with van der Waals surface area (Å²) in [6, 6.07) is 6.06. The standard InChI is InChI=1S/C14H17BrO2/c15-13-9-11(5-2-8-16)6-7-14(13)17-10-12-3-1-4-12/h6-9,12H,1-5,10H2. The van der Waals surface area contributed by atoms with Gasteiger partial charge < -0.3 is 9.53 Å². The highest BCUT2D eigenvalue weighted by Crippen LogP contribution is 2.30. The lowest BCUT2D eigenvalue weighted by Crippen LogP contribution is -2.19. The molecular formula is C14H17BrO2. The minimum atomic E-state index is 0.578. The highest BCUT2D eigenvalue weighted by Gasteiger charge is 2.18. The summed E-state index contributed by atoms with van der Waals surface area (Å²) in [4.78, 5) is 10.3. The highest BCUT2D eigenvalue weighted by molar-refractivity contribution is 9.10. The van der Waals surface area contributed by atoms with E-state index in [1.54, 1.807) is 0 Å². The minimum Gasteiger partial charge on any atom is -0.492 e. The van der Waals surface area contributed by atoms with Crippen molar-refractivity contribution in [1.29, 1.82) is 0 Å². The molecule has 0 atom stereocenters. The third-order valence-corrected chi connectivity index (χ3v) is 3.87. The molecule has 0 N–H and O–H groups in total. The first-order valence-electron chi connectivity index (χ1n) is 6.14. The molecule has 1 aromatic rings. The van der Waals surface area contributed by atoms with Gasteiger partial charge in [0.05, 0.1) is 11.1 Å². The molecule has 1 aliphatic carbocycles. The van der Waals surface area contributed by atoms with Gasteiger partial charge in [0.1, 0.15) is 12.0 Å². The van der Waals surface area contributed by atoms with Crippen LogP contribution in [0.25, 0.3) is 0 Å². The van der Waals surface area contributed by atoms with E-state index in [1.807, 2.05) is 18.2 Å². The summed E-state index contributed by atoms with van der Waals surface area (Å²) >= 11 is 3.52. The lowest BCUT2D eigenvalue weighted by atomic mass is 9.86. The van der Waals surface area contributed by atoms with Crippen molar-refractivity contribution in [1.82, 2.24) is 0 Å². The average molecular weight is 297 g/mol. The van der Waals surface area contributed by atoms with Gasteiger partial charge in [-0.2, -0.15) is 0 Å². The van der Waals surface area contributed by atoms with E-state index in [0.29, 0.717) is 6.42 Å². The second-order valence-electron chi connectivity index (χ2n) is 4.58. The van der Waals surface area contributed by atoms with E-state index in [0.717, 1.165) is 35.5 Å². The second-order valence-corrected chi connectivity index (χ2v) is 5.43. The van der Waals surface area contributed by atoms with Crippen LogP contribution in [0, 0.1) is 5.92 Å². The third-order valence-electron chi connectivity index (χ3n) is 3.25. The molecular weight excluding hydrogens is 280 g/mol. The molecule has 0 bridgehead atoms. The highest BCUT2D eigenvalue weighted by atomic mass is 79.9. The molecule has 0 heterocycles. The van der Waals surface area contributed by atoms with Crippen molar-refractivity contribution < 1.29 is 9.53 Å². The Morgan fingerprint density at radius 3 is 2.82 bits per heavy atom. The van der Waals surface area contributed by atoms with Crippen LogP contribution in [0.15, 0.2) is 22.7 Å². The lowest BCUT2D eigenvalue weighted by Gasteiger charge is -2.25. The van der Waals surface area contributed by atoms with Crippen molar-refractivity contribution in [3.63, 3.8) is 0 Å². The average Bonchev–Trinajstić information content (AvgIpc) is 2.27. The van der Waals surface area contributed by atoms with Gasteiger partial charge in [-0.05, 0) is 58.8 Å². The van der Waals surface area contributed by atoms with E-state index in [4.69, 9.17) is 4.74 Å². The van der Waals surface area contributed by atoms with Gasteiger partial charge in [-0.1, -0.05) is 12.5 Å². The molecule has 2 rings (SSSR count). The summed E-state index contributed by atoms with van der Waals surface area (Å²) in [7, 11) is 0. The van der Waals surface area contributed by atoms with Crippen LogP contribution in [-0.2, 0) is 11.2 Å². The van der Waals surface area contributed by atoms with E-state index in [1.165, 1.54) is 24.8 Å². The number of carbonyl (C=O) groups is 1. The quantitative estimate of drug-likeness (QED) is 0.747. The molecule has 1 aromatic carbocycles. The van der Waals surface area contributed by atoms with Gasteiger partial charge in [-0.15, -0.1) is 0 Å². The summed E-state index contributed by atoms with van der Waals surface area (Å²) in [5, 5.41) is 0. The Kier molecular flexibility index (Phi) is 4.60. The molecule has 1 aliphatic rings. The van der Waals surface area contributed by atoms with Crippen molar-refractivity contribution in [2.45, 2.75) is 32.1 Å². The van der Waals surface area contributed by atoms with Gasteiger partial charge in [-0.25, -0.2) is 0 Å². The van der Waals surface area contributed by atoms with Crippen LogP contribution in [0.4, 0.5) is 0 Å². The first-order valence-corrected chi connectivity index (χ1v) is 6.94. The van der Waals surface area contributed by atoms with Crippen molar-refractivity contribution in [3.05, 3.63) is 28.2 Å². The molecule has 1 saturated carbocycles. The fourth-order valence-electron chi connectivity index (χ4n) is 1.91. The Morgan fingerprint density at radius 1 is 1.41 bits per heavy atom. The first kappa shape index (κ1) is 12.6. The maximum Gasteiger partial charge on any atom is 0.133 e. The normalized spacial score (nSPS) is 15.4. The number of carbonyl (C=O) groups excluding carboxylic acids is 1. The van der Waals surface area contributed by atoms with Crippen LogP contribution in [0.1, 0.15) is 31.2 Å². The molecule has 0 radical (unpaired) electrons. The van der Waals surface area contributed by atoms with Gasteiger partial charge in [0.2, 0.25) is 0 Å². The van der Waals surface area contributed by atoms with Crippen LogP contribution in [0.2, 0.25) is 0 Å². The number of hydrogen-bond donors (Lipinski definition) is 0. The Hall–Kier alpha value is -0.830. The first-order chi connectivity index (χ1) is 8.29. The zero-order chi connectivity index (χ0) is 12.1. The fraction of sp³-hybridized carbons (Fsp3) is 0.500. The number of hydrogen-bond acceptors (Lipinski definition) is 2. The van der Waals surface area contributed by atoms with Gasteiger partial charge in [-0.3, -0.25) is 0 Å². The summed E-state index contributed by atoms with van der Waals surface area (Å²) in [6.07, 6.45) is 6.28. The Balaban J connectivity index is 1.90. The zero-order valence-electron chi connectivity index (χ0n) is 9.82. The number of halogens is 1. The maximum absolute atomic E-state index is 10.3.